The van der Waals surface area contributed by atoms with Crippen LogP contribution >= 0.6 is 0 Å². The molecule has 236 valence electrons. The fourth-order valence-corrected chi connectivity index (χ4v) is 6.94. The van der Waals surface area contributed by atoms with Gasteiger partial charge in [-0.25, -0.2) is 0 Å². The Morgan fingerprint density at radius 1 is 1.23 bits per heavy atom. The van der Waals surface area contributed by atoms with E-state index in [1.165, 1.54) is 0 Å². The molecule has 0 radical (unpaired) electrons. The minimum Gasteiger partial charge on any atom is -0.493 e. The molecular weight excluding hydrogens is 585 g/mol. The summed E-state index contributed by atoms with van der Waals surface area (Å²) in [7, 11) is 3.63. The van der Waals surface area contributed by atoms with Crippen molar-refractivity contribution in [3.63, 3.8) is 0 Å². The number of nitrogens with one attached hydrogen (secondary N) is 1. The van der Waals surface area contributed by atoms with Crippen LogP contribution in [0.15, 0.2) is 54.3 Å². The van der Waals surface area contributed by atoms with Crippen molar-refractivity contribution in [2.75, 3.05) is 27.2 Å². The first-order valence-electron chi connectivity index (χ1n) is 14.1. The molecule has 10 nitrogen and oxygen atoms in total. The van der Waals surface area contributed by atoms with E-state index in [2.05, 4.69) is 10.2 Å². The Kier molecular flexibility index (Phi) is 8.49. The fraction of sp³-hybridized carbons (Fsp3) is 0.452. The van der Waals surface area contributed by atoms with Gasteiger partial charge in [0.1, 0.15) is 5.76 Å². The predicted octanol–water partition coefficient (Wildman–Crippen LogP) is 2.50. The normalized spacial score (nSPS) is 26.9. The van der Waals surface area contributed by atoms with Crippen LogP contribution in [-0.4, -0.2) is 84.4 Å². The summed E-state index contributed by atoms with van der Waals surface area (Å²) in [5.74, 6) is 0.475. The summed E-state index contributed by atoms with van der Waals surface area (Å²) in [5.41, 5.74) is 0.741. The molecule has 1 spiro atoms. The van der Waals surface area contributed by atoms with E-state index in [4.69, 9.17) is 19.0 Å². The molecule has 0 aromatic heterocycles. The first kappa shape index (κ1) is 31.5. The Bertz CT molecular complexity index is 1470. The molecule has 1 saturated heterocycles. The maximum Gasteiger partial charge on any atom is 0.446 e. The van der Waals surface area contributed by atoms with Gasteiger partial charge in [0.15, 0.2) is 23.7 Å². The number of piperidine rings is 1. The molecule has 1 fully saturated rings. The second kappa shape index (κ2) is 11.9. The second-order valence-corrected chi connectivity index (χ2v) is 11.3. The Hall–Kier alpha value is -3.94. The molecule has 2 bridgehead atoms. The van der Waals surface area contributed by atoms with Crippen molar-refractivity contribution in [2.24, 2.45) is 0 Å². The minimum absolute atomic E-state index is 0.0144. The summed E-state index contributed by atoms with van der Waals surface area (Å²) in [4.78, 5) is 36.1. The molecule has 13 heteroatoms. The van der Waals surface area contributed by atoms with E-state index in [1.807, 2.05) is 19.2 Å². The molecule has 2 heterocycles. The number of carbonyl (C=O) groups excluding carboxylic acids is 3. The van der Waals surface area contributed by atoms with Gasteiger partial charge in [-0.05, 0) is 49.7 Å². The summed E-state index contributed by atoms with van der Waals surface area (Å²) >= 11 is 0. The number of methoxy groups -OCH3 is 1. The van der Waals surface area contributed by atoms with E-state index >= 15 is 0 Å². The van der Waals surface area contributed by atoms with Crippen molar-refractivity contribution in [3.8, 4) is 11.5 Å². The number of ether oxygens (including phenoxy) is 3. The summed E-state index contributed by atoms with van der Waals surface area (Å²) in [6.07, 6.45) is -4.31. The number of benzene rings is 2. The molecule has 0 unspecified atom stereocenters. The van der Waals surface area contributed by atoms with Crippen LogP contribution in [-0.2, 0) is 31.0 Å². The number of likely N-dealkylation sites (tertiary alicyclic amines) is 1. The number of aliphatic hydroxyl groups excluding tert-OH is 1. The highest BCUT2D eigenvalue weighted by Gasteiger charge is 2.72. The van der Waals surface area contributed by atoms with E-state index < -0.39 is 47.6 Å². The highest BCUT2D eigenvalue weighted by molar-refractivity contribution is 5.82. The number of likely N-dealkylation sites (N-methyl/N-ethyl adjacent to an activating group) is 1. The van der Waals surface area contributed by atoms with Gasteiger partial charge in [-0.3, -0.25) is 14.4 Å². The molecular formula is C31H33F3N2O8. The van der Waals surface area contributed by atoms with Gasteiger partial charge in [-0.1, -0.05) is 36.4 Å². The second-order valence-electron chi connectivity index (χ2n) is 11.3. The van der Waals surface area contributed by atoms with Gasteiger partial charge in [-0.2, -0.15) is 13.2 Å². The number of carbonyl (C=O) groups is 3. The Labute approximate surface area is 251 Å². The van der Waals surface area contributed by atoms with Crippen molar-refractivity contribution < 1.29 is 52.0 Å². The highest BCUT2D eigenvalue weighted by atomic mass is 19.4. The van der Waals surface area contributed by atoms with Gasteiger partial charge in [0.05, 0.1) is 24.5 Å². The number of rotatable bonds is 7. The Morgan fingerprint density at radius 2 is 1.93 bits per heavy atom. The lowest BCUT2D eigenvalue weighted by molar-refractivity contribution is -0.169. The molecule has 0 saturated carbocycles. The molecule has 1 amide bonds. The van der Waals surface area contributed by atoms with Crippen molar-refractivity contribution in [1.82, 2.24) is 10.2 Å². The van der Waals surface area contributed by atoms with Crippen LogP contribution in [0, 0.1) is 0 Å². The molecule has 6 rings (SSSR count). The maximum absolute atomic E-state index is 12.9. The van der Waals surface area contributed by atoms with Crippen molar-refractivity contribution >= 4 is 18.2 Å². The molecule has 2 aromatic carbocycles. The smallest absolute Gasteiger partial charge is 0.446 e. The fourth-order valence-electron chi connectivity index (χ4n) is 6.94. The number of hydrogen-bond acceptors (Lipinski definition) is 9. The van der Waals surface area contributed by atoms with Crippen LogP contribution in [0.4, 0.5) is 13.2 Å². The summed E-state index contributed by atoms with van der Waals surface area (Å²) < 4.78 is 49.2. The highest BCUT2D eigenvalue weighted by Crippen LogP contribution is 2.65. The lowest BCUT2D eigenvalue weighted by Crippen LogP contribution is -2.74. The monoisotopic (exact) mass is 618 g/mol. The van der Waals surface area contributed by atoms with Crippen LogP contribution < -0.4 is 14.8 Å². The minimum atomic E-state index is -4.64. The largest absolute Gasteiger partial charge is 0.493 e. The number of hydrogen-bond donors (Lipinski definition) is 3. The predicted molar refractivity (Wildman–Crippen MR) is 149 cm³/mol. The third-order valence-corrected chi connectivity index (χ3v) is 8.92. The van der Waals surface area contributed by atoms with Gasteiger partial charge < -0.3 is 34.6 Å². The quantitative estimate of drug-likeness (QED) is 0.316. The van der Waals surface area contributed by atoms with Gasteiger partial charge in [0, 0.05) is 24.6 Å². The van der Waals surface area contributed by atoms with Crippen molar-refractivity contribution in [2.45, 2.75) is 61.1 Å². The van der Waals surface area contributed by atoms with Crippen molar-refractivity contribution in [3.05, 3.63) is 71.0 Å². The van der Waals surface area contributed by atoms with Gasteiger partial charge in [-0.15, -0.1) is 0 Å². The first-order chi connectivity index (χ1) is 20.9. The zero-order valence-corrected chi connectivity index (χ0v) is 24.1. The van der Waals surface area contributed by atoms with E-state index in [-0.39, 0.29) is 19.0 Å². The molecule has 2 aromatic rings. The number of amides is 1. The van der Waals surface area contributed by atoms with E-state index in [9.17, 15) is 33.0 Å². The SMILES string of the molecule is COc1ccc2c3c1O[C@H]1C(OC(=O)CCNC(=O)[C@H](O)c4ccccc4)=CC[C@@]4(O)[C@@H](C2)N(C)CC[C@]314.O=CC(F)(F)F. The third kappa shape index (κ3) is 5.33. The molecule has 3 N–H and O–H groups in total. The average molecular weight is 619 g/mol. The molecule has 4 aliphatic rings. The van der Waals surface area contributed by atoms with Crippen LogP contribution in [0.1, 0.15) is 42.1 Å². The van der Waals surface area contributed by atoms with Gasteiger partial charge in [0.2, 0.25) is 6.29 Å². The van der Waals surface area contributed by atoms with E-state index in [0.717, 1.165) is 17.7 Å². The average Bonchev–Trinajstić information content (AvgIpc) is 3.36. The van der Waals surface area contributed by atoms with Gasteiger partial charge >= 0.3 is 12.1 Å². The van der Waals surface area contributed by atoms with E-state index in [0.29, 0.717) is 42.1 Å². The summed E-state index contributed by atoms with van der Waals surface area (Å²) in [6, 6.07) is 12.4. The lowest BCUT2D eigenvalue weighted by atomic mass is 9.50. The topological polar surface area (TPSA) is 135 Å². The zero-order chi connectivity index (χ0) is 31.9. The number of halogens is 3. The zero-order valence-electron chi connectivity index (χ0n) is 24.1. The number of nitrogens with zero attached hydrogens (tertiary/aromatic N) is 1. The summed E-state index contributed by atoms with van der Waals surface area (Å²) in [6.45, 7) is 0.792. The first-order valence-corrected chi connectivity index (χ1v) is 14.1. The third-order valence-electron chi connectivity index (χ3n) is 8.92. The van der Waals surface area contributed by atoms with Crippen LogP contribution in [0.3, 0.4) is 0 Å². The maximum atomic E-state index is 12.9. The van der Waals surface area contributed by atoms with Crippen LogP contribution in [0.25, 0.3) is 0 Å². The van der Waals surface area contributed by atoms with Crippen molar-refractivity contribution in [1.29, 1.82) is 0 Å². The lowest BCUT2D eigenvalue weighted by Gasteiger charge is -2.61. The van der Waals surface area contributed by atoms with Gasteiger partial charge in [0.25, 0.3) is 5.91 Å². The molecule has 44 heavy (non-hydrogen) atoms. The number of alkyl halides is 3. The Morgan fingerprint density at radius 3 is 2.59 bits per heavy atom. The number of aldehydes is 1. The summed E-state index contributed by atoms with van der Waals surface area (Å²) in [5, 5.41) is 25.1. The number of esters is 1. The molecule has 2 aliphatic heterocycles. The number of aliphatic hydroxyl groups is 2. The molecule has 2 aliphatic carbocycles. The Balaban J connectivity index is 0.000000584. The standard InChI is InChI=1S/C29H32N2O7.C2HF3O/c1-31-15-13-28-23-18-8-9-19(36-2)25(23)38-26(28)20(10-12-29(28,35)21(31)16-18)37-22(32)11-14-30-27(34)24(33)17-6-4-3-5-7-17;3-2(4,5)1-6/h3-10,21,24,26,33,35H,11-16H2,1-2H3,(H,30,34);1H/t21-,24-,26+,28+,29-;/m1./s1. The van der Waals surface area contributed by atoms with Crippen LogP contribution in [0.5, 0.6) is 11.5 Å². The van der Waals surface area contributed by atoms with Crippen LogP contribution in [0.2, 0.25) is 0 Å². The molecule has 5 atom stereocenters. The van der Waals surface area contributed by atoms with E-state index in [1.54, 1.807) is 43.5 Å².